The molecule has 0 aromatic heterocycles. The first-order valence-electron chi connectivity index (χ1n) is 5.46. The molecule has 16 heavy (non-hydrogen) atoms. The Hall–Kier alpha value is -0.810. The van der Waals surface area contributed by atoms with Crippen LogP contribution in [0.1, 0.15) is 6.42 Å². The molecule has 5 nitrogen and oxygen atoms in total. The van der Waals surface area contributed by atoms with E-state index in [1.165, 1.54) is 0 Å². The third-order valence-electron chi connectivity index (χ3n) is 2.58. The second-order valence-electron chi connectivity index (χ2n) is 3.89. The minimum absolute atomic E-state index is 0.428. The van der Waals surface area contributed by atoms with Crippen molar-refractivity contribution < 1.29 is 9.59 Å². The number of rotatable bonds is 3. The minimum Gasteiger partial charge on any atom is -0.348 e. The number of alkyl halides is 1. The molecule has 1 aliphatic heterocycles. The molecule has 1 aliphatic rings. The molecule has 1 heterocycles. The zero-order valence-corrected chi connectivity index (χ0v) is 10.3. The lowest BCUT2D eigenvalue weighted by Crippen LogP contribution is -2.51. The third-order valence-corrected chi connectivity index (χ3v) is 2.85. The molecule has 2 amide bonds. The van der Waals surface area contributed by atoms with Crippen LogP contribution in [0.2, 0.25) is 0 Å². The van der Waals surface area contributed by atoms with Crippen LogP contribution in [0.3, 0.4) is 0 Å². The summed E-state index contributed by atoms with van der Waals surface area (Å²) >= 11 is 5.48. The Labute approximate surface area is 101 Å². The average Bonchev–Trinajstić information content (AvgIpc) is 2.29. The third kappa shape index (κ3) is 3.98. The Morgan fingerprint density at radius 1 is 1.25 bits per heavy atom. The van der Waals surface area contributed by atoms with E-state index in [1.54, 1.807) is 4.90 Å². The second-order valence-corrected chi connectivity index (χ2v) is 4.27. The number of likely N-dealkylation sites (N-methyl/N-ethyl adjacent to an activating group) is 1. The quantitative estimate of drug-likeness (QED) is 0.416. The van der Waals surface area contributed by atoms with Gasteiger partial charge in [0, 0.05) is 38.6 Å². The SMILES string of the molecule is CN1CCN(C(=O)C(=O)NCCCCl)CC1. The van der Waals surface area contributed by atoms with Crippen LogP contribution in [0.5, 0.6) is 0 Å². The predicted octanol–water partition coefficient (Wildman–Crippen LogP) is -0.494. The van der Waals surface area contributed by atoms with Crippen molar-refractivity contribution in [3.8, 4) is 0 Å². The van der Waals surface area contributed by atoms with E-state index >= 15 is 0 Å². The van der Waals surface area contributed by atoms with Gasteiger partial charge in [-0.05, 0) is 13.5 Å². The Morgan fingerprint density at radius 2 is 1.88 bits per heavy atom. The smallest absolute Gasteiger partial charge is 0.311 e. The summed E-state index contributed by atoms with van der Waals surface area (Å²) in [6, 6.07) is 0. The van der Waals surface area contributed by atoms with Crippen LogP contribution in [-0.4, -0.2) is 67.3 Å². The second kappa shape index (κ2) is 6.70. The van der Waals surface area contributed by atoms with E-state index in [-0.39, 0.29) is 0 Å². The molecule has 1 saturated heterocycles. The highest BCUT2D eigenvalue weighted by molar-refractivity contribution is 6.35. The monoisotopic (exact) mass is 247 g/mol. The lowest BCUT2D eigenvalue weighted by Gasteiger charge is -2.31. The highest BCUT2D eigenvalue weighted by Crippen LogP contribution is 1.99. The van der Waals surface area contributed by atoms with Crippen molar-refractivity contribution in [1.29, 1.82) is 0 Å². The van der Waals surface area contributed by atoms with E-state index in [9.17, 15) is 9.59 Å². The summed E-state index contributed by atoms with van der Waals surface area (Å²) in [6.07, 6.45) is 0.684. The number of amides is 2. The minimum atomic E-state index is -0.519. The molecule has 0 aromatic rings. The van der Waals surface area contributed by atoms with Crippen molar-refractivity contribution in [2.45, 2.75) is 6.42 Å². The molecule has 92 valence electrons. The van der Waals surface area contributed by atoms with E-state index in [0.717, 1.165) is 13.1 Å². The Balaban J connectivity index is 2.30. The van der Waals surface area contributed by atoms with Gasteiger partial charge in [-0.1, -0.05) is 0 Å². The standard InChI is InChI=1S/C10H18ClN3O2/c1-13-5-7-14(8-6-13)10(16)9(15)12-4-2-3-11/h2-8H2,1H3,(H,12,15). The van der Waals surface area contributed by atoms with Crippen LogP contribution in [0.15, 0.2) is 0 Å². The highest BCUT2D eigenvalue weighted by atomic mass is 35.5. The van der Waals surface area contributed by atoms with Gasteiger partial charge in [-0.15, -0.1) is 11.6 Å². The number of nitrogens with one attached hydrogen (secondary N) is 1. The molecule has 0 atom stereocenters. The van der Waals surface area contributed by atoms with E-state index in [1.807, 2.05) is 7.05 Å². The van der Waals surface area contributed by atoms with Gasteiger partial charge in [0.05, 0.1) is 0 Å². The van der Waals surface area contributed by atoms with Gasteiger partial charge in [-0.2, -0.15) is 0 Å². The van der Waals surface area contributed by atoms with Gasteiger partial charge in [0.15, 0.2) is 0 Å². The van der Waals surface area contributed by atoms with Gasteiger partial charge in [-0.25, -0.2) is 0 Å². The first-order chi connectivity index (χ1) is 7.65. The van der Waals surface area contributed by atoms with Gasteiger partial charge < -0.3 is 15.1 Å². The van der Waals surface area contributed by atoms with E-state index in [0.29, 0.717) is 31.9 Å². The molecule has 0 saturated carbocycles. The number of hydrogen-bond donors (Lipinski definition) is 1. The fraction of sp³-hybridized carbons (Fsp3) is 0.800. The maximum absolute atomic E-state index is 11.7. The molecule has 0 bridgehead atoms. The first-order valence-corrected chi connectivity index (χ1v) is 6.00. The molecule has 1 fully saturated rings. The molecule has 1 rings (SSSR count). The van der Waals surface area contributed by atoms with Crippen molar-refractivity contribution in [1.82, 2.24) is 15.1 Å². The maximum Gasteiger partial charge on any atom is 0.311 e. The number of carbonyl (C=O) groups is 2. The van der Waals surface area contributed by atoms with Crippen LogP contribution >= 0.6 is 11.6 Å². The number of carbonyl (C=O) groups excluding carboxylic acids is 2. The summed E-state index contributed by atoms with van der Waals surface area (Å²) in [7, 11) is 2.00. The summed E-state index contributed by atoms with van der Waals surface area (Å²) in [5.41, 5.74) is 0. The van der Waals surface area contributed by atoms with Gasteiger partial charge in [0.25, 0.3) is 0 Å². The molecule has 6 heteroatoms. The number of hydrogen-bond acceptors (Lipinski definition) is 3. The average molecular weight is 248 g/mol. The van der Waals surface area contributed by atoms with Crippen LogP contribution < -0.4 is 5.32 Å². The molecule has 0 spiro atoms. The summed E-state index contributed by atoms with van der Waals surface area (Å²) < 4.78 is 0. The van der Waals surface area contributed by atoms with E-state index in [2.05, 4.69) is 10.2 Å². The molecule has 0 aliphatic carbocycles. The highest BCUT2D eigenvalue weighted by Gasteiger charge is 2.24. The van der Waals surface area contributed by atoms with Gasteiger partial charge in [0.1, 0.15) is 0 Å². The van der Waals surface area contributed by atoms with Crippen molar-refractivity contribution in [3.63, 3.8) is 0 Å². The molecule has 1 N–H and O–H groups in total. The van der Waals surface area contributed by atoms with Crippen molar-refractivity contribution >= 4 is 23.4 Å². The zero-order valence-electron chi connectivity index (χ0n) is 9.54. The number of piperazine rings is 1. The van der Waals surface area contributed by atoms with Crippen molar-refractivity contribution in [3.05, 3.63) is 0 Å². The molecule has 0 radical (unpaired) electrons. The molecular weight excluding hydrogens is 230 g/mol. The van der Waals surface area contributed by atoms with Crippen molar-refractivity contribution in [2.75, 3.05) is 45.7 Å². The Bertz CT molecular complexity index is 252. The molecule has 0 aromatic carbocycles. The van der Waals surface area contributed by atoms with Crippen LogP contribution in [0.4, 0.5) is 0 Å². The van der Waals surface area contributed by atoms with Gasteiger partial charge in [0.2, 0.25) is 0 Å². The van der Waals surface area contributed by atoms with Crippen LogP contribution in [0.25, 0.3) is 0 Å². The van der Waals surface area contributed by atoms with Crippen LogP contribution in [-0.2, 0) is 9.59 Å². The Kier molecular flexibility index (Phi) is 5.55. The normalized spacial score (nSPS) is 17.2. The first kappa shape index (κ1) is 13.3. The lowest BCUT2D eigenvalue weighted by molar-refractivity contribution is -0.146. The molecular formula is C10H18ClN3O2. The van der Waals surface area contributed by atoms with Gasteiger partial charge >= 0.3 is 11.8 Å². The Morgan fingerprint density at radius 3 is 2.44 bits per heavy atom. The fourth-order valence-electron chi connectivity index (χ4n) is 1.50. The fourth-order valence-corrected chi connectivity index (χ4v) is 1.63. The topological polar surface area (TPSA) is 52.7 Å². The largest absolute Gasteiger partial charge is 0.348 e. The number of halogens is 1. The summed E-state index contributed by atoms with van der Waals surface area (Å²) in [5, 5.41) is 2.56. The van der Waals surface area contributed by atoms with E-state index < -0.39 is 11.8 Å². The summed E-state index contributed by atoms with van der Waals surface area (Å²) in [6.45, 7) is 3.35. The van der Waals surface area contributed by atoms with E-state index in [4.69, 9.17) is 11.6 Å². The van der Waals surface area contributed by atoms with Gasteiger partial charge in [-0.3, -0.25) is 9.59 Å². The summed E-state index contributed by atoms with van der Waals surface area (Å²) in [4.78, 5) is 26.8. The van der Waals surface area contributed by atoms with Crippen LogP contribution in [0, 0.1) is 0 Å². The van der Waals surface area contributed by atoms with Crippen molar-refractivity contribution in [2.24, 2.45) is 0 Å². The predicted molar refractivity (Wildman–Crippen MR) is 62.4 cm³/mol. The lowest BCUT2D eigenvalue weighted by atomic mass is 10.3. The zero-order chi connectivity index (χ0) is 12.0. The summed E-state index contributed by atoms with van der Waals surface area (Å²) in [5.74, 6) is -0.458. The molecule has 0 unspecified atom stereocenters. The maximum atomic E-state index is 11.7. The number of nitrogens with zero attached hydrogens (tertiary/aromatic N) is 2.